The lowest BCUT2D eigenvalue weighted by Gasteiger charge is -2.28. The van der Waals surface area contributed by atoms with E-state index in [1.807, 2.05) is 24.3 Å². The van der Waals surface area contributed by atoms with Crippen molar-refractivity contribution >= 4 is 40.9 Å². The molecule has 176 valence electrons. The monoisotopic (exact) mass is 506 g/mol. The molecule has 0 saturated heterocycles. The summed E-state index contributed by atoms with van der Waals surface area (Å²) in [7, 11) is 0. The summed E-state index contributed by atoms with van der Waals surface area (Å²) >= 11 is 7.71. The molecule has 1 aliphatic heterocycles. The largest absolute Gasteiger partial charge is 0.328 e. The molecule has 2 aromatic heterocycles. The van der Waals surface area contributed by atoms with E-state index < -0.39 is 11.9 Å². The number of hydrogen-bond donors (Lipinski definition) is 2. The van der Waals surface area contributed by atoms with Crippen LogP contribution in [0.2, 0.25) is 5.02 Å². The van der Waals surface area contributed by atoms with Crippen molar-refractivity contribution in [3.63, 3.8) is 0 Å². The van der Waals surface area contributed by atoms with E-state index in [1.165, 1.54) is 23.9 Å². The topological polar surface area (TPSA) is 84.7 Å². The third-order valence-corrected chi connectivity index (χ3v) is 6.73. The minimum Gasteiger partial charge on any atom is -0.328 e. The zero-order valence-corrected chi connectivity index (χ0v) is 20.1. The van der Waals surface area contributed by atoms with Gasteiger partial charge in [-0.2, -0.15) is 4.98 Å². The van der Waals surface area contributed by atoms with Gasteiger partial charge in [0.15, 0.2) is 0 Å². The number of benzene rings is 2. The van der Waals surface area contributed by atoms with E-state index in [-0.39, 0.29) is 5.91 Å². The molecule has 35 heavy (non-hydrogen) atoms. The van der Waals surface area contributed by atoms with Crippen LogP contribution in [-0.2, 0) is 10.5 Å². The molecule has 5 rings (SSSR count). The number of thioether (sulfide) groups is 1. The van der Waals surface area contributed by atoms with Gasteiger partial charge in [0.25, 0.3) is 5.91 Å². The third kappa shape index (κ3) is 4.91. The zero-order chi connectivity index (χ0) is 24.4. The second kappa shape index (κ2) is 9.89. The summed E-state index contributed by atoms with van der Waals surface area (Å²) in [4.78, 5) is 22.1. The van der Waals surface area contributed by atoms with Crippen molar-refractivity contribution in [2.45, 2.75) is 23.9 Å². The minimum absolute atomic E-state index is 0.344. The molecule has 1 aliphatic rings. The summed E-state index contributed by atoms with van der Waals surface area (Å²) in [6, 6.07) is 16.5. The van der Waals surface area contributed by atoms with Crippen LogP contribution in [0.5, 0.6) is 0 Å². The van der Waals surface area contributed by atoms with Crippen molar-refractivity contribution in [3.8, 4) is 0 Å². The number of halogens is 2. The Bertz CT molecular complexity index is 1420. The van der Waals surface area contributed by atoms with Gasteiger partial charge in [0.2, 0.25) is 11.1 Å². The number of amides is 1. The maximum absolute atomic E-state index is 14.2. The average Bonchev–Trinajstić information content (AvgIpc) is 3.25. The van der Waals surface area contributed by atoms with E-state index in [0.29, 0.717) is 44.4 Å². The second-order valence-electron chi connectivity index (χ2n) is 7.86. The highest BCUT2D eigenvalue weighted by Crippen LogP contribution is 2.37. The van der Waals surface area contributed by atoms with Gasteiger partial charge in [-0.25, -0.2) is 9.07 Å². The van der Waals surface area contributed by atoms with Gasteiger partial charge in [-0.1, -0.05) is 53.7 Å². The highest BCUT2D eigenvalue weighted by atomic mass is 35.5. The van der Waals surface area contributed by atoms with Crippen molar-refractivity contribution in [1.82, 2.24) is 19.7 Å². The molecule has 0 bridgehead atoms. The van der Waals surface area contributed by atoms with Gasteiger partial charge in [0.05, 0.1) is 17.5 Å². The van der Waals surface area contributed by atoms with Crippen LogP contribution in [-0.4, -0.2) is 25.7 Å². The molecule has 0 spiro atoms. The quantitative estimate of drug-likeness (QED) is 0.327. The third-order valence-electron chi connectivity index (χ3n) is 5.48. The summed E-state index contributed by atoms with van der Waals surface area (Å²) in [5.74, 6) is 0.301. The Balaban J connectivity index is 1.50. The van der Waals surface area contributed by atoms with Gasteiger partial charge >= 0.3 is 0 Å². The molecule has 0 fully saturated rings. The fourth-order valence-electron chi connectivity index (χ4n) is 3.86. The van der Waals surface area contributed by atoms with Crippen LogP contribution in [0.4, 0.5) is 16.0 Å². The van der Waals surface area contributed by atoms with Crippen LogP contribution in [0.25, 0.3) is 0 Å². The molecule has 7 nitrogen and oxygen atoms in total. The lowest BCUT2D eigenvalue weighted by molar-refractivity contribution is -0.113. The van der Waals surface area contributed by atoms with Crippen molar-refractivity contribution in [1.29, 1.82) is 0 Å². The summed E-state index contributed by atoms with van der Waals surface area (Å²) in [5.41, 5.74) is 3.10. The molecule has 0 radical (unpaired) electrons. The van der Waals surface area contributed by atoms with Gasteiger partial charge in [-0.05, 0) is 48.4 Å². The van der Waals surface area contributed by atoms with E-state index in [4.69, 9.17) is 11.6 Å². The number of anilines is 2. The van der Waals surface area contributed by atoms with E-state index in [1.54, 1.807) is 48.3 Å². The standard InChI is InChI=1S/C25H20ClFN6OS/c1-15-21(23(34)30-19-9-5-11-28-13-19)22(16-7-4-8-18(27)12-16)33-24(29-15)31-25(32-33)35-14-17-6-2-3-10-20(17)26/h2-13,22H,14H2,1H3,(H,30,34)(H,29,31,32)/t22-/m1/s1. The first-order valence-electron chi connectivity index (χ1n) is 10.8. The first kappa shape index (κ1) is 23.1. The Morgan fingerprint density at radius 2 is 2.06 bits per heavy atom. The number of rotatable bonds is 6. The van der Waals surface area contributed by atoms with Crippen LogP contribution in [0.3, 0.4) is 0 Å². The van der Waals surface area contributed by atoms with Crippen LogP contribution in [0, 0.1) is 5.82 Å². The number of carbonyl (C=O) groups is 1. The van der Waals surface area contributed by atoms with Crippen LogP contribution < -0.4 is 10.6 Å². The van der Waals surface area contributed by atoms with Gasteiger partial charge in [-0.3, -0.25) is 9.78 Å². The number of allylic oxidation sites excluding steroid dienone is 1. The fourth-order valence-corrected chi connectivity index (χ4v) is 4.98. The predicted molar refractivity (Wildman–Crippen MR) is 135 cm³/mol. The number of hydrogen-bond acceptors (Lipinski definition) is 6. The van der Waals surface area contributed by atoms with Gasteiger partial charge in [0, 0.05) is 22.7 Å². The SMILES string of the molecule is CC1=C(C(=O)Nc2cccnc2)[C@@H](c2cccc(F)c2)n2nc(SCc3ccccc3Cl)nc2N1. The maximum Gasteiger partial charge on any atom is 0.255 e. The van der Waals surface area contributed by atoms with Crippen LogP contribution >= 0.6 is 23.4 Å². The number of carbonyl (C=O) groups excluding carboxylic acids is 1. The van der Waals surface area contributed by atoms with Crippen LogP contribution in [0.1, 0.15) is 24.1 Å². The average molecular weight is 507 g/mol. The first-order valence-corrected chi connectivity index (χ1v) is 12.1. The smallest absolute Gasteiger partial charge is 0.255 e. The van der Waals surface area contributed by atoms with Gasteiger partial charge < -0.3 is 10.6 Å². The minimum atomic E-state index is -0.680. The van der Waals surface area contributed by atoms with Gasteiger partial charge in [0.1, 0.15) is 11.9 Å². The van der Waals surface area contributed by atoms with Crippen molar-refractivity contribution in [3.05, 3.63) is 106 Å². The highest BCUT2D eigenvalue weighted by molar-refractivity contribution is 7.98. The van der Waals surface area contributed by atoms with Crippen molar-refractivity contribution in [2.75, 3.05) is 10.6 Å². The normalized spacial score (nSPS) is 14.9. The number of nitrogens with zero attached hydrogens (tertiary/aromatic N) is 4. The molecule has 2 N–H and O–H groups in total. The first-order chi connectivity index (χ1) is 17.0. The predicted octanol–water partition coefficient (Wildman–Crippen LogP) is 5.69. The molecule has 2 aromatic carbocycles. The molecule has 0 saturated carbocycles. The Labute approximate surface area is 210 Å². The molecule has 1 atom stereocenters. The number of nitrogens with one attached hydrogen (secondary N) is 2. The Morgan fingerprint density at radius 3 is 2.83 bits per heavy atom. The molecular weight excluding hydrogens is 487 g/mol. The molecule has 0 aliphatic carbocycles. The maximum atomic E-state index is 14.2. The Kier molecular flexibility index (Phi) is 6.52. The molecule has 3 heterocycles. The molecule has 1 amide bonds. The summed E-state index contributed by atoms with van der Waals surface area (Å²) in [6.07, 6.45) is 3.19. The Morgan fingerprint density at radius 1 is 1.20 bits per heavy atom. The van der Waals surface area contributed by atoms with E-state index >= 15 is 0 Å². The lowest BCUT2D eigenvalue weighted by Crippen LogP contribution is -2.31. The molecule has 10 heteroatoms. The summed E-state index contributed by atoms with van der Waals surface area (Å²) in [5, 5.41) is 11.9. The van der Waals surface area contributed by atoms with E-state index in [2.05, 4.69) is 25.7 Å². The van der Waals surface area contributed by atoms with Crippen molar-refractivity contribution in [2.24, 2.45) is 0 Å². The fraction of sp³-hybridized carbons (Fsp3) is 0.120. The molecule has 4 aromatic rings. The van der Waals surface area contributed by atoms with E-state index in [0.717, 1.165) is 5.56 Å². The van der Waals surface area contributed by atoms with E-state index in [9.17, 15) is 9.18 Å². The van der Waals surface area contributed by atoms with Gasteiger partial charge in [-0.15, -0.1) is 5.10 Å². The second-order valence-corrected chi connectivity index (χ2v) is 9.21. The van der Waals surface area contributed by atoms with Crippen LogP contribution in [0.15, 0.2) is 89.5 Å². The summed E-state index contributed by atoms with van der Waals surface area (Å²) in [6.45, 7) is 1.79. The summed E-state index contributed by atoms with van der Waals surface area (Å²) < 4.78 is 15.8. The molecule has 0 unspecified atom stereocenters. The lowest BCUT2D eigenvalue weighted by atomic mass is 9.95. The molecular formula is C25H20ClFN6OS. The zero-order valence-electron chi connectivity index (χ0n) is 18.6. The number of aromatic nitrogens is 4. The Hall–Kier alpha value is -3.69. The van der Waals surface area contributed by atoms with Crippen molar-refractivity contribution < 1.29 is 9.18 Å². The number of fused-ring (bicyclic) bond motifs is 1. The number of pyridine rings is 1. The highest BCUT2D eigenvalue weighted by Gasteiger charge is 2.34.